The van der Waals surface area contributed by atoms with Crippen LogP contribution in [-0.4, -0.2) is 32.1 Å². The number of esters is 1. The second-order valence-corrected chi connectivity index (χ2v) is 6.36. The molecule has 0 bridgehead atoms. The summed E-state index contributed by atoms with van der Waals surface area (Å²) in [5.74, 6) is -0.702. The van der Waals surface area contributed by atoms with Gasteiger partial charge < -0.3 is 10.1 Å². The Bertz CT molecular complexity index is 1140. The van der Waals surface area contributed by atoms with Crippen LogP contribution < -0.4 is 5.32 Å². The van der Waals surface area contributed by atoms with Gasteiger partial charge in [-0.3, -0.25) is 4.79 Å². The average Bonchev–Trinajstić information content (AvgIpc) is 3.33. The van der Waals surface area contributed by atoms with Crippen LogP contribution in [0.2, 0.25) is 0 Å². The Morgan fingerprint density at radius 3 is 2.37 bits per heavy atom. The summed E-state index contributed by atoms with van der Waals surface area (Å²) in [5.41, 5.74) is 2.88. The lowest BCUT2D eigenvalue weighted by molar-refractivity contribution is 0.0472. The van der Waals surface area contributed by atoms with Crippen LogP contribution in [0.25, 0.3) is 5.69 Å². The van der Waals surface area contributed by atoms with Crippen LogP contribution >= 0.6 is 0 Å². The molecule has 1 aromatic heterocycles. The third-order valence-electron chi connectivity index (χ3n) is 4.34. The van der Waals surface area contributed by atoms with Crippen molar-refractivity contribution in [1.82, 2.24) is 20.2 Å². The van der Waals surface area contributed by atoms with Gasteiger partial charge in [0.25, 0.3) is 5.91 Å². The van der Waals surface area contributed by atoms with Gasteiger partial charge in [-0.15, -0.1) is 5.10 Å². The van der Waals surface area contributed by atoms with Crippen LogP contribution in [0.4, 0.5) is 5.69 Å². The van der Waals surface area contributed by atoms with E-state index in [1.54, 1.807) is 48.5 Å². The third kappa shape index (κ3) is 4.39. The Morgan fingerprint density at radius 2 is 1.63 bits per heavy atom. The van der Waals surface area contributed by atoms with Crippen molar-refractivity contribution in [2.75, 3.05) is 5.32 Å². The molecule has 1 N–H and O–H groups in total. The van der Waals surface area contributed by atoms with Crippen molar-refractivity contribution < 1.29 is 14.3 Å². The Labute approximate surface area is 172 Å². The molecule has 4 aromatic rings. The molecule has 0 saturated carbocycles. The SMILES string of the molecule is O=C(Nc1ccccc1)c1ccc(COC(=O)c2ccccc2-n2cnnn2)cc1. The number of hydrogen-bond acceptors (Lipinski definition) is 6. The molecule has 0 aliphatic rings. The maximum Gasteiger partial charge on any atom is 0.340 e. The monoisotopic (exact) mass is 399 g/mol. The molecule has 148 valence electrons. The molecule has 30 heavy (non-hydrogen) atoms. The number of carbonyl (C=O) groups excluding carboxylic acids is 2. The Balaban J connectivity index is 1.39. The molecule has 0 radical (unpaired) electrons. The van der Waals surface area contributed by atoms with Crippen LogP contribution in [0.5, 0.6) is 0 Å². The molecule has 0 spiro atoms. The second kappa shape index (κ2) is 8.78. The van der Waals surface area contributed by atoms with E-state index in [0.29, 0.717) is 16.8 Å². The van der Waals surface area contributed by atoms with E-state index in [1.807, 2.05) is 30.3 Å². The fraction of sp³-hybridized carbons (Fsp3) is 0.0455. The highest BCUT2D eigenvalue weighted by Gasteiger charge is 2.15. The summed E-state index contributed by atoms with van der Waals surface area (Å²) < 4.78 is 6.83. The summed E-state index contributed by atoms with van der Waals surface area (Å²) in [4.78, 5) is 24.9. The lowest BCUT2D eigenvalue weighted by Gasteiger charge is -2.09. The van der Waals surface area contributed by atoms with E-state index >= 15 is 0 Å². The lowest BCUT2D eigenvalue weighted by atomic mass is 10.1. The minimum absolute atomic E-state index is 0.0728. The van der Waals surface area contributed by atoms with E-state index in [-0.39, 0.29) is 12.5 Å². The quantitative estimate of drug-likeness (QED) is 0.500. The van der Waals surface area contributed by atoms with Gasteiger partial charge in [-0.25, -0.2) is 4.79 Å². The van der Waals surface area contributed by atoms with Crippen molar-refractivity contribution in [2.24, 2.45) is 0 Å². The number of amides is 1. The van der Waals surface area contributed by atoms with Gasteiger partial charge in [0.15, 0.2) is 0 Å². The second-order valence-electron chi connectivity index (χ2n) is 6.36. The fourth-order valence-corrected chi connectivity index (χ4v) is 2.82. The first-order valence-electron chi connectivity index (χ1n) is 9.15. The number of nitrogens with zero attached hydrogens (tertiary/aromatic N) is 4. The van der Waals surface area contributed by atoms with Crippen molar-refractivity contribution in [3.63, 3.8) is 0 Å². The molecule has 8 heteroatoms. The number of rotatable bonds is 6. The van der Waals surface area contributed by atoms with Crippen molar-refractivity contribution in [3.05, 3.63) is 102 Å². The molecule has 4 rings (SSSR count). The molecule has 0 atom stereocenters. The first-order chi connectivity index (χ1) is 14.7. The molecule has 1 amide bonds. The Hall–Kier alpha value is -4.33. The maximum absolute atomic E-state index is 12.5. The highest BCUT2D eigenvalue weighted by Crippen LogP contribution is 2.16. The molecule has 0 unspecified atom stereocenters. The molecular formula is C22H17N5O3. The van der Waals surface area contributed by atoms with Gasteiger partial charge in [0.1, 0.15) is 12.9 Å². The lowest BCUT2D eigenvalue weighted by Crippen LogP contribution is -2.12. The predicted molar refractivity (Wildman–Crippen MR) is 109 cm³/mol. The summed E-state index contributed by atoms with van der Waals surface area (Å²) in [6.45, 7) is 0.0728. The van der Waals surface area contributed by atoms with Crippen molar-refractivity contribution in [3.8, 4) is 5.69 Å². The largest absolute Gasteiger partial charge is 0.457 e. The summed E-state index contributed by atoms with van der Waals surface area (Å²) in [7, 11) is 0. The van der Waals surface area contributed by atoms with E-state index < -0.39 is 5.97 Å². The van der Waals surface area contributed by atoms with Gasteiger partial charge in [0.2, 0.25) is 0 Å². The normalized spacial score (nSPS) is 10.4. The number of anilines is 1. The van der Waals surface area contributed by atoms with Crippen LogP contribution in [0.1, 0.15) is 26.3 Å². The molecule has 0 saturated heterocycles. The number of benzene rings is 3. The average molecular weight is 399 g/mol. The molecule has 0 fully saturated rings. The molecule has 0 aliphatic heterocycles. The highest BCUT2D eigenvalue weighted by molar-refractivity contribution is 6.04. The highest BCUT2D eigenvalue weighted by atomic mass is 16.5. The zero-order chi connectivity index (χ0) is 20.8. The first-order valence-corrected chi connectivity index (χ1v) is 9.15. The smallest absolute Gasteiger partial charge is 0.340 e. The van der Waals surface area contributed by atoms with E-state index in [1.165, 1.54) is 11.0 Å². The van der Waals surface area contributed by atoms with Crippen molar-refractivity contribution >= 4 is 17.6 Å². The number of para-hydroxylation sites is 2. The summed E-state index contributed by atoms with van der Waals surface area (Å²) in [6, 6.07) is 23.0. The molecule has 0 aliphatic carbocycles. The van der Waals surface area contributed by atoms with Gasteiger partial charge in [0.05, 0.1) is 11.3 Å². The van der Waals surface area contributed by atoms with Crippen molar-refractivity contribution in [1.29, 1.82) is 0 Å². The van der Waals surface area contributed by atoms with Crippen LogP contribution in [0.15, 0.2) is 85.2 Å². The summed E-state index contributed by atoms with van der Waals surface area (Å²) >= 11 is 0. The zero-order valence-corrected chi connectivity index (χ0v) is 15.8. The van der Waals surface area contributed by atoms with Crippen LogP contribution in [0.3, 0.4) is 0 Å². The number of aromatic nitrogens is 4. The zero-order valence-electron chi connectivity index (χ0n) is 15.8. The number of carbonyl (C=O) groups is 2. The number of ether oxygens (including phenoxy) is 1. The third-order valence-corrected chi connectivity index (χ3v) is 4.34. The standard InChI is InChI=1S/C22H17N5O3/c28-21(24-18-6-2-1-3-7-18)17-12-10-16(11-13-17)14-30-22(29)19-8-4-5-9-20(19)27-15-23-25-26-27/h1-13,15H,14H2,(H,24,28). The summed E-state index contributed by atoms with van der Waals surface area (Å²) in [6.07, 6.45) is 1.41. The van der Waals surface area contributed by atoms with Crippen LogP contribution in [-0.2, 0) is 11.3 Å². The molecular weight excluding hydrogens is 382 g/mol. The fourth-order valence-electron chi connectivity index (χ4n) is 2.82. The predicted octanol–water partition coefficient (Wildman–Crippen LogP) is 3.27. The van der Waals surface area contributed by atoms with E-state index in [4.69, 9.17) is 4.74 Å². The van der Waals surface area contributed by atoms with E-state index in [2.05, 4.69) is 20.8 Å². The Kier molecular flexibility index (Phi) is 5.56. The maximum atomic E-state index is 12.5. The molecule has 1 heterocycles. The topological polar surface area (TPSA) is 99.0 Å². The van der Waals surface area contributed by atoms with Gasteiger partial charge >= 0.3 is 5.97 Å². The summed E-state index contributed by atoms with van der Waals surface area (Å²) in [5, 5.41) is 13.8. The first kappa shape index (κ1) is 19.0. The molecule has 3 aromatic carbocycles. The van der Waals surface area contributed by atoms with Crippen LogP contribution in [0, 0.1) is 0 Å². The molecule has 8 nitrogen and oxygen atoms in total. The number of nitrogens with one attached hydrogen (secondary N) is 1. The Morgan fingerprint density at radius 1 is 0.900 bits per heavy atom. The van der Waals surface area contributed by atoms with Gasteiger partial charge in [-0.2, -0.15) is 4.68 Å². The minimum Gasteiger partial charge on any atom is -0.457 e. The van der Waals surface area contributed by atoms with E-state index in [0.717, 1.165) is 11.3 Å². The van der Waals surface area contributed by atoms with E-state index in [9.17, 15) is 9.59 Å². The van der Waals surface area contributed by atoms with Gasteiger partial charge in [-0.05, 0) is 52.4 Å². The minimum atomic E-state index is -0.494. The van der Waals surface area contributed by atoms with Gasteiger partial charge in [0, 0.05) is 11.3 Å². The van der Waals surface area contributed by atoms with Crippen molar-refractivity contribution in [2.45, 2.75) is 6.61 Å². The number of hydrogen-bond donors (Lipinski definition) is 1. The van der Waals surface area contributed by atoms with Gasteiger partial charge in [-0.1, -0.05) is 42.5 Å². The number of tetrazole rings is 1.